The Morgan fingerprint density at radius 3 is 2.48 bits per heavy atom. The molecule has 1 aromatic heterocycles. The maximum absolute atomic E-state index is 12.9. The standard InChI is InChI=1S/C16H14FN3S/c17-14-8-6-12(7-9-14)11-21-16-19-15(10-20(16)18)13-4-2-1-3-5-13/h1-10H,11,18H2. The molecule has 0 amide bonds. The van der Waals surface area contributed by atoms with Crippen LogP contribution in [0.4, 0.5) is 4.39 Å². The van der Waals surface area contributed by atoms with Crippen molar-refractivity contribution in [3.05, 3.63) is 72.2 Å². The second-order valence-corrected chi connectivity index (χ2v) is 5.54. The molecule has 0 unspecified atom stereocenters. The van der Waals surface area contributed by atoms with Crippen LogP contribution >= 0.6 is 11.8 Å². The van der Waals surface area contributed by atoms with E-state index in [1.165, 1.54) is 28.6 Å². The monoisotopic (exact) mass is 299 g/mol. The highest BCUT2D eigenvalue weighted by molar-refractivity contribution is 7.98. The number of nitrogens with two attached hydrogens (primary N) is 1. The highest BCUT2D eigenvalue weighted by Gasteiger charge is 2.08. The van der Waals surface area contributed by atoms with Crippen molar-refractivity contribution < 1.29 is 4.39 Å². The summed E-state index contributed by atoms with van der Waals surface area (Å²) < 4.78 is 14.4. The molecule has 2 aromatic carbocycles. The lowest BCUT2D eigenvalue weighted by Crippen LogP contribution is -2.07. The van der Waals surface area contributed by atoms with Crippen LogP contribution in [-0.2, 0) is 5.75 Å². The largest absolute Gasteiger partial charge is 0.337 e. The van der Waals surface area contributed by atoms with Crippen LogP contribution in [0, 0.1) is 5.82 Å². The number of halogens is 1. The van der Waals surface area contributed by atoms with E-state index in [1.807, 2.05) is 36.5 Å². The van der Waals surface area contributed by atoms with Crippen molar-refractivity contribution in [2.75, 3.05) is 5.84 Å². The molecule has 3 nitrogen and oxygen atoms in total. The van der Waals surface area contributed by atoms with Crippen molar-refractivity contribution in [3.8, 4) is 11.3 Å². The van der Waals surface area contributed by atoms with Crippen LogP contribution in [0.5, 0.6) is 0 Å². The molecular weight excluding hydrogens is 285 g/mol. The summed E-state index contributed by atoms with van der Waals surface area (Å²) in [4.78, 5) is 4.54. The van der Waals surface area contributed by atoms with Gasteiger partial charge in [-0.25, -0.2) is 14.1 Å². The van der Waals surface area contributed by atoms with Gasteiger partial charge in [0.25, 0.3) is 0 Å². The maximum Gasteiger partial charge on any atom is 0.187 e. The van der Waals surface area contributed by atoms with Crippen LogP contribution in [0.2, 0.25) is 0 Å². The smallest absolute Gasteiger partial charge is 0.187 e. The molecule has 0 aliphatic carbocycles. The fraction of sp³-hybridized carbons (Fsp3) is 0.0625. The Balaban J connectivity index is 1.74. The Kier molecular flexibility index (Phi) is 3.92. The number of nitrogen functional groups attached to an aromatic ring is 1. The van der Waals surface area contributed by atoms with E-state index in [1.54, 1.807) is 12.1 Å². The van der Waals surface area contributed by atoms with Gasteiger partial charge in [-0.3, -0.25) is 0 Å². The van der Waals surface area contributed by atoms with E-state index in [0.717, 1.165) is 22.0 Å². The zero-order valence-electron chi connectivity index (χ0n) is 11.2. The average molecular weight is 299 g/mol. The van der Waals surface area contributed by atoms with Gasteiger partial charge in [0.2, 0.25) is 0 Å². The van der Waals surface area contributed by atoms with Crippen LogP contribution in [0.15, 0.2) is 66.0 Å². The predicted octanol–water partition coefficient (Wildman–Crippen LogP) is 3.70. The zero-order chi connectivity index (χ0) is 14.7. The number of thioether (sulfide) groups is 1. The van der Waals surface area contributed by atoms with Crippen LogP contribution < -0.4 is 5.84 Å². The van der Waals surface area contributed by atoms with Gasteiger partial charge < -0.3 is 5.84 Å². The highest BCUT2D eigenvalue weighted by Crippen LogP contribution is 2.25. The maximum atomic E-state index is 12.9. The Morgan fingerprint density at radius 1 is 1.05 bits per heavy atom. The number of nitrogens with zero attached hydrogens (tertiary/aromatic N) is 2. The topological polar surface area (TPSA) is 43.8 Å². The summed E-state index contributed by atoms with van der Waals surface area (Å²) in [5.41, 5.74) is 2.91. The first kappa shape index (κ1) is 13.7. The van der Waals surface area contributed by atoms with Gasteiger partial charge in [-0.2, -0.15) is 0 Å². The van der Waals surface area contributed by atoms with Crippen molar-refractivity contribution in [2.24, 2.45) is 0 Å². The van der Waals surface area contributed by atoms with Gasteiger partial charge in [0.15, 0.2) is 5.16 Å². The molecule has 0 fully saturated rings. The van der Waals surface area contributed by atoms with Crippen molar-refractivity contribution in [1.82, 2.24) is 9.66 Å². The third kappa shape index (κ3) is 3.25. The van der Waals surface area contributed by atoms with Crippen LogP contribution in [0.25, 0.3) is 11.3 Å². The second-order valence-electron chi connectivity index (χ2n) is 4.60. The summed E-state index contributed by atoms with van der Waals surface area (Å²) in [7, 11) is 0. The second kappa shape index (κ2) is 6.01. The molecule has 21 heavy (non-hydrogen) atoms. The highest BCUT2D eigenvalue weighted by atomic mass is 32.2. The molecule has 0 saturated carbocycles. The minimum absolute atomic E-state index is 0.226. The molecule has 0 aliphatic heterocycles. The molecule has 1 heterocycles. The van der Waals surface area contributed by atoms with Gasteiger partial charge in [-0.15, -0.1) is 0 Å². The van der Waals surface area contributed by atoms with E-state index in [-0.39, 0.29) is 5.82 Å². The molecule has 0 aliphatic rings. The van der Waals surface area contributed by atoms with Gasteiger partial charge in [0.05, 0.1) is 11.9 Å². The molecule has 0 atom stereocenters. The van der Waals surface area contributed by atoms with Gasteiger partial charge in [0.1, 0.15) is 5.82 Å². The fourth-order valence-corrected chi connectivity index (χ4v) is 2.81. The number of imidazole rings is 1. The molecule has 5 heteroatoms. The number of benzene rings is 2. The number of hydrogen-bond acceptors (Lipinski definition) is 3. The van der Waals surface area contributed by atoms with Gasteiger partial charge >= 0.3 is 0 Å². The number of rotatable bonds is 4. The third-order valence-corrected chi connectivity index (χ3v) is 4.09. The molecular formula is C16H14FN3S. The molecule has 0 bridgehead atoms. The SMILES string of the molecule is Nn1cc(-c2ccccc2)nc1SCc1ccc(F)cc1. The summed E-state index contributed by atoms with van der Waals surface area (Å²) >= 11 is 1.53. The number of hydrogen-bond donors (Lipinski definition) is 1. The third-order valence-electron chi connectivity index (χ3n) is 3.05. The zero-order valence-corrected chi connectivity index (χ0v) is 12.1. The first-order chi connectivity index (χ1) is 10.2. The van der Waals surface area contributed by atoms with Crippen molar-refractivity contribution in [1.29, 1.82) is 0 Å². The van der Waals surface area contributed by atoms with Gasteiger partial charge in [-0.1, -0.05) is 54.2 Å². The Bertz CT molecular complexity index is 723. The van der Waals surface area contributed by atoms with E-state index < -0.39 is 0 Å². The molecule has 2 N–H and O–H groups in total. The average Bonchev–Trinajstić information content (AvgIpc) is 2.89. The van der Waals surface area contributed by atoms with Crippen LogP contribution in [0.3, 0.4) is 0 Å². The Hall–Kier alpha value is -2.27. The van der Waals surface area contributed by atoms with Crippen molar-refractivity contribution >= 4 is 11.8 Å². The summed E-state index contributed by atoms with van der Waals surface area (Å²) in [5, 5.41) is 0.734. The molecule has 3 aromatic rings. The van der Waals surface area contributed by atoms with E-state index in [9.17, 15) is 4.39 Å². The molecule has 3 rings (SSSR count). The lowest BCUT2D eigenvalue weighted by Gasteiger charge is -2.01. The normalized spacial score (nSPS) is 10.7. The molecule has 0 spiro atoms. The fourth-order valence-electron chi connectivity index (χ4n) is 1.96. The quantitative estimate of drug-likeness (QED) is 0.590. The Labute approximate surface area is 126 Å². The minimum atomic E-state index is -0.226. The van der Waals surface area contributed by atoms with Gasteiger partial charge in [0, 0.05) is 11.3 Å². The lowest BCUT2D eigenvalue weighted by atomic mass is 10.2. The van der Waals surface area contributed by atoms with Crippen LogP contribution in [0.1, 0.15) is 5.56 Å². The summed E-state index contributed by atoms with van der Waals surface area (Å²) in [5.74, 6) is 6.41. The predicted molar refractivity (Wildman–Crippen MR) is 83.8 cm³/mol. The Morgan fingerprint density at radius 2 is 1.76 bits per heavy atom. The van der Waals surface area contributed by atoms with E-state index in [4.69, 9.17) is 5.84 Å². The first-order valence-corrected chi connectivity index (χ1v) is 7.48. The summed E-state index contributed by atoms with van der Waals surface area (Å²) in [6.45, 7) is 0. The number of aromatic nitrogens is 2. The first-order valence-electron chi connectivity index (χ1n) is 6.49. The minimum Gasteiger partial charge on any atom is -0.337 e. The van der Waals surface area contributed by atoms with Crippen molar-refractivity contribution in [3.63, 3.8) is 0 Å². The molecule has 0 radical (unpaired) electrons. The van der Waals surface area contributed by atoms with E-state index >= 15 is 0 Å². The van der Waals surface area contributed by atoms with E-state index in [0.29, 0.717) is 5.75 Å². The van der Waals surface area contributed by atoms with E-state index in [2.05, 4.69) is 4.98 Å². The van der Waals surface area contributed by atoms with Crippen LogP contribution in [-0.4, -0.2) is 9.66 Å². The molecule has 106 valence electrons. The van der Waals surface area contributed by atoms with Gasteiger partial charge in [-0.05, 0) is 17.7 Å². The molecule has 0 saturated heterocycles. The lowest BCUT2D eigenvalue weighted by molar-refractivity contribution is 0.627. The summed E-state index contributed by atoms with van der Waals surface area (Å²) in [6.07, 6.45) is 1.81. The summed E-state index contributed by atoms with van der Waals surface area (Å²) in [6, 6.07) is 16.3. The van der Waals surface area contributed by atoms with Crippen molar-refractivity contribution in [2.45, 2.75) is 10.9 Å².